The van der Waals surface area contributed by atoms with Crippen LogP contribution in [0.1, 0.15) is 53.6 Å². The quantitative estimate of drug-likeness (QED) is 0.428. The Morgan fingerprint density at radius 1 is 0.865 bits per heavy atom. The molecule has 0 atom stereocenters. The first-order chi connectivity index (χ1) is 17.8. The van der Waals surface area contributed by atoms with Gasteiger partial charge in [0.1, 0.15) is 6.54 Å². The number of sulfonamides is 1. The molecule has 0 saturated heterocycles. The highest BCUT2D eigenvalue weighted by molar-refractivity contribution is 7.92. The maximum absolute atomic E-state index is 13.6. The number of nitrogens with one attached hydrogen (secondary N) is 2. The van der Waals surface area contributed by atoms with Crippen LogP contribution >= 0.6 is 0 Å². The van der Waals surface area contributed by atoms with Crippen molar-refractivity contribution in [2.24, 2.45) is 0 Å². The number of hydrogen-bond donors (Lipinski definition) is 2. The van der Waals surface area contributed by atoms with Gasteiger partial charge in [0.2, 0.25) is 5.91 Å². The summed E-state index contributed by atoms with van der Waals surface area (Å²) in [5.41, 5.74) is 3.02. The Morgan fingerprint density at radius 2 is 1.54 bits per heavy atom. The van der Waals surface area contributed by atoms with Crippen molar-refractivity contribution in [3.63, 3.8) is 0 Å². The summed E-state index contributed by atoms with van der Waals surface area (Å²) >= 11 is 0. The molecule has 0 aliphatic heterocycles. The van der Waals surface area contributed by atoms with Gasteiger partial charge in [0.25, 0.3) is 15.9 Å². The minimum atomic E-state index is -4.02. The van der Waals surface area contributed by atoms with Crippen molar-refractivity contribution in [1.29, 1.82) is 0 Å². The van der Waals surface area contributed by atoms with Gasteiger partial charge in [-0.2, -0.15) is 0 Å². The lowest BCUT2D eigenvalue weighted by molar-refractivity contribution is -0.114. The van der Waals surface area contributed by atoms with E-state index in [9.17, 15) is 18.0 Å². The van der Waals surface area contributed by atoms with E-state index in [0.29, 0.717) is 16.9 Å². The number of anilines is 2. The van der Waals surface area contributed by atoms with E-state index in [2.05, 4.69) is 10.6 Å². The van der Waals surface area contributed by atoms with Crippen LogP contribution in [0.2, 0.25) is 0 Å². The van der Waals surface area contributed by atoms with Crippen molar-refractivity contribution in [2.45, 2.75) is 56.9 Å². The normalized spacial score (nSPS) is 14.1. The van der Waals surface area contributed by atoms with Crippen molar-refractivity contribution in [3.8, 4) is 0 Å². The third-order valence-electron chi connectivity index (χ3n) is 6.78. The van der Waals surface area contributed by atoms with Crippen LogP contribution in [0.25, 0.3) is 0 Å². The lowest BCUT2D eigenvalue weighted by atomic mass is 9.95. The SMILES string of the molecule is Cc1ccc(N(CC(=O)Nc2ccccc2C(=O)NC2CCCCC2)S(=O)(=O)c2ccccc2)cc1C. The van der Waals surface area contributed by atoms with Gasteiger partial charge in [-0.3, -0.25) is 13.9 Å². The van der Waals surface area contributed by atoms with Gasteiger partial charge in [-0.25, -0.2) is 8.42 Å². The number of carbonyl (C=O) groups excluding carboxylic acids is 2. The zero-order valence-electron chi connectivity index (χ0n) is 21.2. The molecule has 1 saturated carbocycles. The van der Waals surface area contributed by atoms with Gasteiger partial charge in [0.05, 0.1) is 21.8 Å². The lowest BCUT2D eigenvalue weighted by Gasteiger charge is -2.25. The molecule has 4 rings (SSSR count). The van der Waals surface area contributed by atoms with Gasteiger partial charge in [-0.05, 0) is 74.2 Å². The molecule has 1 aliphatic carbocycles. The van der Waals surface area contributed by atoms with E-state index in [0.717, 1.165) is 41.1 Å². The maximum Gasteiger partial charge on any atom is 0.264 e. The Hall–Kier alpha value is -3.65. The average Bonchev–Trinajstić information content (AvgIpc) is 2.90. The van der Waals surface area contributed by atoms with Crippen LogP contribution in [0.3, 0.4) is 0 Å². The first kappa shape index (κ1) is 26.4. The Labute approximate surface area is 218 Å². The van der Waals surface area contributed by atoms with Crippen LogP contribution in [0, 0.1) is 13.8 Å². The van der Waals surface area contributed by atoms with Gasteiger partial charge >= 0.3 is 0 Å². The molecule has 0 spiro atoms. The molecular formula is C29H33N3O4S. The second kappa shape index (κ2) is 11.6. The molecule has 37 heavy (non-hydrogen) atoms. The summed E-state index contributed by atoms with van der Waals surface area (Å²) in [7, 11) is -4.02. The zero-order chi connectivity index (χ0) is 26.4. The molecule has 2 N–H and O–H groups in total. The van der Waals surface area contributed by atoms with Crippen molar-refractivity contribution < 1.29 is 18.0 Å². The van der Waals surface area contributed by atoms with E-state index in [1.807, 2.05) is 19.9 Å². The van der Waals surface area contributed by atoms with Crippen molar-refractivity contribution in [1.82, 2.24) is 5.32 Å². The first-order valence-electron chi connectivity index (χ1n) is 12.6. The van der Waals surface area contributed by atoms with E-state index >= 15 is 0 Å². The smallest absolute Gasteiger partial charge is 0.264 e. The van der Waals surface area contributed by atoms with Gasteiger partial charge < -0.3 is 10.6 Å². The molecule has 0 heterocycles. The van der Waals surface area contributed by atoms with Crippen LogP contribution in [0.15, 0.2) is 77.7 Å². The highest BCUT2D eigenvalue weighted by Crippen LogP contribution is 2.26. The highest BCUT2D eigenvalue weighted by atomic mass is 32.2. The molecule has 1 aliphatic rings. The van der Waals surface area contributed by atoms with Crippen molar-refractivity contribution in [2.75, 3.05) is 16.2 Å². The fraction of sp³-hybridized carbons (Fsp3) is 0.310. The highest BCUT2D eigenvalue weighted by Gasteiger charge is 2.28. The molecule has 0 aromatic heterocycles. The third-order valence-corrected chi connectivity index (χ3v) is 8.57. The van der Waals surface area contributed by atoms with Crippen LogP contribution in [-0.2, 0) is 14.8 Å². The minimum Gasteiger partial charge on any atom is -0.349 e. The number of amides is 2. The monoisotopic (exact) mass is 519 g/mol. The van der Waals surface area contributed by atoms with E-state index < -0.39 is 22.5 Å². The number of nitrogens with zero attached hydrogens (tertiary/aromatic N) is 1. The second-order valence-corrected chi connectivity index (χ2v) is 11.4. The van der Waals surface area contributed by atoms with Crippen molar-refractivity contribution in [3.05, 3.63) is 89.5 Å². The summed E-state index contributed by atoms with van der Waals surface area (Å²) in [5.74, 6) is -0.790. The van der Waals surface area contributed by atoms with Gasteiger partial charge in [0, 0.05) is 6.04 Å². The summed E-state index contributed by atoms with van der Waals surface area (Å²) in [6, 6.07) is 20.2. The lowest BCUT2D eigenvalue weighted by Crippen LogP contribution is -2.39. The Morgan fingerprint density at radius 3 is 2.24 bits per heavy atom. The summed E-state index contributed by atoms with van der Waals surface area (Å²) in [6.07, 6.45) is 5.26. The van der Waals surface area contributed by atoms with Crippen LogP contribution in [0.4, 0.5) is 11.4 Å². The van der Waals surface area contributed by atoms with Crippen molar-refractivity contribution >= 4 is 33.2 Å². The fourth-order valence-corrected chi connectivity index (χ4v) is 5.97. The van der Waals surface area contributed by atoms with E-state index in [-0.39, 0.29) is 16.8 Å². The summed E-state index contributed by atoms with van der Waals surface area (Å²) < 4.78 is 28.3. The molecule has 194 valence electrons. The molecule has 0 unspecified atom stereocenters. The largest absolute Gasteiger partial charge is 0.349 e. The molecule has 0 bridgehead atoms. The predicted octanol–water partition coefficient (Wildman–Crippen LogP) is 5.20. The van der Waals surface area contributed by atoms with E-state index in [4.69, 9.17) is 0 Å². The number of hydrogen-bond acceptors (Lipinski definition) is 4. The Balaban J connectivity index is 1.58. The van der Waals surface area contributed by atoms with Gasteiger partial charge in [-0.1, -0.05) is 55.7 Å². The number of para-hydroxylation sites is 1. The molecule has 3 aromatic rings. The zero-order valence-corrected chi connectivity index (χ0v) is 22.1. The number of rotatable bonds is 8. The summed E-state index contributed by atoms with van der Waals surface area (Å²) in [5, 5.41) is 5.85. The average molecular weight is 520 g/mol. The number of carbonyl (C=O) groups is 2. The molecule has 2 amide bonds. The number of aryl methyl sites for hydroxylation is 2. The van der Waals surface area contributed by atoms with E-state index in [1.165, 1.54) is 18.6 Å². The Bertz CT molecular complexity index is 1370. The maximum atomic E-state index is 13.6. The standard InChI is InChI=1S/C29H33N3O4S/c1-21-17-18-24(19-22(21)2)32(37(35,36)25-13-7-4-8-14-25)20-28(33)31-27-16-10-9-15-26(27)29(34)30-23-11-5-3-6-12-23/h4,7-10,13-19,23H,3,5-6,11-12,20H2,1-2H3,(H,30,34)(H,31,33). The predicted molar refractivity (Wildman–Crippen MR) is 146 cm³/mol. The van der Waals surface area contributed by atoms with E-state index in [1.54, 1.807) is 54.6 Å². The minimum absolute atomic E-state index is 0.0910. The molecule has 1 fully saturated rings. The second-order valence-electron chi connectivity index (χ2n) is 9.50. The van der Waals surface area contributed by atoms with Crippen LogP contribution < -0.4 is 14.9 Å². The third kappa shape index (κ3) is 6.38. The van der Waals surface area contributed by atoms with Gasteiger partial charge in [-0.15, -0.1) is 0 Å². The molecular weight excluding hydrogens is 486 g/mol. The molecule has 0 radical (unpaired) electrons. The summed E-state index contributed by atoms with van der Waals surface area (Å²) in [6.45, 7) is 3.39. The Kier molecular flexibility index (Phi) is 8.28. The van der Waals surface area contributed by atoms with Crippen LogP contribution in [-0.4, -0.2) is 32.8 Å². The molecule has 7 nitrogen and oxygen atoms in total. The molecule has 3 aromatic carbocycles. The van der Waals surface area contributed by atoms with Gasteiger partial charge in [0.15, 0.2) is 0 Å². The van der Waals surface area contributed by atoms with Crippen LogP contribution in [0.5, 0.6) is 0 Å². The fourth-order valence-electron chi connectivity index (χ4n) is 4.54. The number of benzene rings is 3. The molecule has 8 heteroatoms. The summed E-state index contributed by atoms with van der Waals surface area (Å²) in [4.78, 5) is 26.3. The topological polar surface area (TPSA) is 95.6 Å². The first-order valence-corrected chi connectivity index (χ1v) is 14.0.